The van der Waals surface area contributed by atoms with Gasteiger partial charge in [0.15, 0.2) is 5.76 Å². The van der Waals surface area contributed by atoms with Gasteiger partial charge < -0.3 is 14.4 Å². The maximum Gasteiger partial charge on any atom is 0.290 e. The molecule has 1 saturated heterocycles. The van der Waals surface area contributed by atoms with Gasteiger partial charge >= 0.3 is 0 Å². The fourth-order valence-electron chi connectivity index (χ4n) is 2.97. The van der Waals surface area contributed by atoms with Crippen LogP contribution >= 0.6 is 0 Å². The Hall–Kier alpha value is -2.11. The molecule has 1 aromatic carbocycles. The predicted octanol–water partition coefficient (Wildman–Crippen LogP) is 2.09. The van der Waals surface area contributed by atoms with Crippen LogP contribution in [0.25, 0.3) is 11.1 Å². The van der Waals surface area contributed by atoms with E-state index in [0.717, 1.165) is 24.2 Å². The summed E-state index contributed by atoms with van der Waals surface area (Å²) in [6, 6.07) is 11.6. The van der Waals surface area contributed by atoms with Crippen molar-refractivity contribution in [2.75, 3.05) is 32.7 Å². The second kappa shape index (κ2) is 6.98. The Bertz CT molecular complexity index is 643. The molecule has 1 aromatic heterocycles. The van der Waals surface area contributed by atoms with E-state index in [9.17, 15) is 9.90 Å². The molecule has 1 N–H and O–H groups in total. The average molecular weight is 314 g/mol. The molecule has 5 heteroatoms. The molecule has 0 unspecified atom stereocenters. The molecule has 0 spiro atoms. The molecular weight excluding hydrogens is 292 g/mol. The van der Waals surface area contributed by atoms with Crippen molar-refractivity contribution in [1.82, 2.24) is 9.80 Å². The number of hydrogen-bond donors (Lipinski definition) is 1. The quantitative estimate of drug-likeness (QED) is 0.939. The summed E-state index contributed by atoms with van der Waals surface area (Å²) in [4.78, 5) is 16.7. The molecule has 1 aliphatic rings. The first-order valence-corrected chi connectivity index (χ1v) is 7.98. The van der Waals surface area contributed by atoms with Crippen LogP contribution in [-0.2, 0) is 0 Å². The number of carbonyl (C=O) groups is 1. The number of hydrogen-bond acceptors (Lipinski definition) is 4. The lowest BCUT2D eigenvalue weighted by molar-refractivity contribution is 0.0529. The van der Waals surface area contributed by atoms with Gasteiger partial charge in [-0.3, -0.25) is 9.69 Å². The molecule has 2 heterocycles. The van der Waals surface area contributed by atoms with Crippen LogP contribution in [-0.4, -0.2) is 59.6 Å². The van der Waals surface area contributed by atoms with E-state index in [1.807, 2.05) is 41.3 Å². The molecule has 0 saturated carbocycles. The van der Waals surface area contributed by atoms with E-state index < -0.39 is 0 Å². The molecule has 1 fully saturated rings. The molecule has 5 nitrogen and oxygen atoms in total. The van der Waals surface area contributed by atoms with Gasteiger partial charge in [0.25, 0.3) is 5.91 Å². The lowest BCUT2D eigenvalue weighted by Gasteiger charge is -2.34. The molecule has 0 bridgehead atoms. The van der Waals surface area contributed by atoms with Gasteiger partial charge in [-0.25, -0.2) is 0 Å². The van der Waals surface area contributed by atoms with Crippen molar-refractivity contribution in [2.24, 2.45) is 0 Å². The van der Waals surface area contributed by atoms with Crippen molar-refractivity contribution >= 4 is 5.91 Å². The fraction of sp³-hybridized carbons (Fsp3) is 0.389. The molecule has 1 aliphatic heterocycles. The van der Waals surface area contributed by atoms with Crippen LogP contribution in [0.4, 0.5) is 0 Å². The van der Waals surface area contributed by atoms with E-state index >= 15 is 0 Å². The van der Waals surface area contributed by atoms with Gasteiger partial charge in [-0.1, -0.05) is 30.3 Å². The lowest BCUT2D eigenvalue weighted by Crippen LogP contribution is -2.50. The van der Waals surface area contributed by atoms with Gasteiger partial charge in [0, 0.05) is 38.3 Å². The van der Waals surface area contributed by atoms with Gasteiger partial charge in [-0.05, 0) is 18.6 Å². The SMILES string of the molecule is C[C@H](O)CN1CCN(C(=O)c2occc2-c2ccccc2)CC1. The van der Waals surface area contributed by atoms with Gasteiger partial charge in [0.2, 0.25) is 0 Å². The van der Waals surface area contributed by atoms with E-state index in [1.54, 1.807) is 13.2 Å². The second-order valence-electron chi connectivity index (χ2n) is 5.97. The van der Waals surface area contributed by atoms with E-state index in [4.69, 9.17) is 4.42 Å². The van der Waals surface area contributed by atoms with Crippen LogP contribution in [0.2, 0.25) is 0 Å². The highest BCUT2D eigenvalue weighted by atomic mass is 16.3. The third-order valence-electron chi connectivity index (χ3n) is 4.13. The number of piperazine rings is 1. The van der Waals surface area contributed by atoms with Gasteiger partial charge in [0.1, 0.15) is 0 Å². The predicted molar refractivity (Wildman–Crippen MR) is 88.2 cm³/mol. The van der Waals surface area contributed by atoms with E-state index in [2.05, 4.69) is 4.90 Å². The fourth-order valence-corrected chi connectivity index (χ4v) is 2.97. The third kappa shape index (κ3) is 3.63. The second-order valence-corrected chi connectivity index (χ2v) is 5.97. The first kappa shape index (κ1) is 15.8. The largest absolute Gasteiger partial charge is 0.459 e. The van der Waals surface area contributed by atoms with Crippen LogP contribution in [0.15, 0.2) is 47.1 Å². The molecule has 122 valence electrons. The molecule has 0 aliphatic carbocycles. The Morgan fingerprint density at radius 3 is 2.52 bits per heavy atom. The summed E-state index contributed by atoms with van der Waals surface area (Å²) in [5.74, 6) is 0.339. The van der Waals surface area contributed by atoms with E-state index in [-0.39, 0.29) is 12.0 Å². The first-order chi connectivity index (χ1) is 11.1. The highest BCUT2D eigenvalue weighted by Crippen LogP contribution is 2.26. The zero-order chi connectivity index (χ0) is 16.2. The van der Waals surface area contributed by atoms with Crippen LogP contribution in [0.1, 0.15) is 17.5 Å². The van der Waals surface area contributed by atoms with Gasteiger partial charge in [-0.15, -0.1) is 0 Å². The van der Waals surface area contributed by atoms with Crippen LogP contribution < -0.4 is 0 Å². The minimum absolute atomic E-state index is 0.0643. The number of amides is 1. The smallest absolute Gasteiger partial charge is 0.290 e. The minimum atomic E-state index is -0.341. The van der Waals surface area contributed by atoms with Gasteiger partial charge in [-0.2, -0.15) is 0 Å². The number of carbonyl (C=O) groups excluding carboxylic acids is 1. The summed E-state index contributed by atoms with van der Waals surface area (Å²) in [6.07, 6.45) is 1.23. The zero-order valence-corrected chi connectivity index (χ0v) is 13.3. The van der Waals surface area contributed by atoms with Crippen LogP contribution in [0.5, 0.6) is 0 Å². The van der Waals surface area contributed by atoms with Crippen molar-refractivity contribution in [2.45, 2.75) is 13.0 Å². The monoisotopic (exact) mass is 314 g/mol. The summed E-state index contributed by atoms with van der Waals surface area (Å²) < 4.78 is 5.48. The third-order valence-corrected chi connectivity index (χ3v) is 4.13. The maximum absolute atomic E-state index is 12.7. The number of β-amino-alcohol motifs (C(OH)–C–C–N with tert-alkyl or cyclic N) is 1. The minimum Gasteiger partial charge on any atom is -0.459 e. The lowest BCUT2D eigenvalue weighted by atomic mass is 10.1. The summed E-state index contributed by atoms with van der Waals surface area (Å²) in [6.45, 7) is 5.29. The van der Waals surface area contributed by atoms with Crippen molar-refractivity contribution in [3.8, 4) is 11.1 Å². The number of rotatable bonds is 4. The van der Waals surface area contributed by atoms with Crippen molar-refractivity contribution in [3.05, 3.63) is 48.4 Å². The van der Waals surface area contributed by atoms with Crippen molar-refractivity contribution in [1.29, 1.82) is 0 Å². The Balaban J connectivity index is 1.70. The van der Waals surface area contributed by atoms with Gasteiger partial charge in [0.05, 0.1) is 12.4 Å². The molecule has 3 rings (SSSR count). The number of furan rings is 1. The molecule has 2 aromatic rings. The highest BCUT2D eigenvalue weighted by molar-refractivity contribution is 5.98. The Labute approximate surface area is 136 Å². The first-order valence-electron chi connectivity index (χ1n) is 7.98. The van der Waals surface area contributed by atoms with Crippen LogP contribution in [0.3, 0.4) is 0 Å². The van der Waals surface area contributed by atoms with Crippen molar-refractivity contribution < 1.29 is 14.3 Å². The number of aliphatic hydroxyl groups excluding tert-OH is 1. The normalized spacial score (nSPS) is 17.2. The van der Waals surface area contributed by atoms with Crippen LogP contribution in [0, 0.1) is 0 Å². The molecule has 23 heavy (non-hydrogen) atoms. The molecule has 0 radical (unpaired) electrons. The maximum atomic E-state index is 12.7. The summed E-state index contributed by atoms with van der Waals surface area (Å²) >= 11 is 0. The Morgan fingerprint density at radius 1 is 1.17 bits per heavy atom. The zero-order valence-electron chi connectivity index (χ0n) is 13.3. The Kier molecular flexibility index (Phi) is 4.79. The molecular formula is C18H22N2O3. The van der Waals surface area contributed by atoms with E-state index in [1.165, 1.54) is 0 Å². The molecule has 1 amide bonds. The highest BCUT2D eigenvalue weighted by Gasteiger charge is 2.26. The van der Waals surface area contributed by atoms with E-state index in [0.29, 0.717) is 25.4 Å². The summed E-state index contributed by atoms with van der Waals surface area (Å²) in [5.41, 5.74) is 1.82. The standard InChI is InChI=1S/C18H22N2O3/c1-14(21)13-19-8-10-20(11-9-19)18(22)17-16(7-12-23-17)15-5-3-2-4-6-15/h2-7,12,14,21H,8-11,13H2,1H3/t14-/m0/s1. The summed E-state index contributed by atoms with van der Waals surface area (Å²) in [7, 11) is 0. The Morgan fingerprint density at radius 2 is 1.87 bits per heavy atom. The number of nitrogens with zero attached hydrogens (tertiary/aromatic N) is 2. The number of benzene rings is 1. The number of aliphatic hydroxyl groups is 1. The topological polar surface area (TPSA) is 56.9 Å². The summed E-state index contributed by atoms with van der Waals surface area (Å²) in [5, 5.41) is 9.46. The van der Waals surface area contributed by atoms with Crippen molar-refractivity contribution in [3.63, 3.8) is 0 Å². The average Bonchev–Trinajstić information content (AvgIpc) is 3.05. The molecule has 1 atom stereocenters.